The fourth-order valence-corrected chi connectivity index (χ4v) is 6.31. The lowest BCUT2D eigenvalue weighted by molar-refractivity contribution is -0.120. The molecule has 1 amide bonds. The molecular formula is C32H30FN9O3S. The van der Waals surface area contributed by atoms with Crippen molar-refractivity contribution >= 4 is 43.7 Å². The van der Waals surface area contributed by atoms with Crippen LogP contribution >= 0.6 is 0 Å². The second kappa shape index (κ2) is 12.0. The number of carbonyl (C=O) groups is 1. The highest BCUT2D eigenvalue weighted by atomic mass is 32.2. The molecule has 1 aliphatic carbocycles. The number of fused-ring (bicyclic) bond motifs is 2. The lowest BCUT2D eigenvalue weighted by Gasteiger charge is -2.20. The number of aromatic nitrogens is 7. The summed E-state index contributed by atoms with van der Waals surface area (Å²) in [6.45, 7) is -0.0633. The lowest BCUT2D eigenvalue weighted by Crippen LogP contribution is -2.24. The van der Waals surface area contributed by atoms with Crippen LogP contribution < -0.4 is 10.0 Å². The topological polar surface area (TPSA) is 171 Å². The molecule has 0 aliphatic heterocycles. The third-order valence-corrected chi connectivity index (χ3v) is 8.80. The minimum Gasteiger partial charge on any atom is -0.337 e. The number of hydrogen-bond acceptors (Lipinski definition) is 8. The van der Waals surface area contributed by atoms with Crippen molar-refractivity contribution in [3.8, 4) is 33.9 Å². The Bertz CT molecular complexity index is 2210. The number of carbonyl (C=O) groups excluding carboxylic acids is 1. The van der Waals surface area contributed by atoms with Crippen molar-refractivity contribution in [1.82, 2.24) is 39.8 Å². The molecule has 1 aliphatic rings. The van der Waals surface area contributed by atoms with E-state index in [-0.39, 0.29) is 18.4 Å². The number of benzene rings is 1. The quantitative estimate of drug-likeness (QED) is 0.173. The Balaban J connectivity index is 1.21. The third-order valence-electron chi connectivity index (χ3n) is 8.13. The van der Waals surface area contributed by atoms with Gasteiger partial charge in [-0.1, -0.05) is 19.3 Å². The normalized spacial score (nSPS) is 14.2. The molecule has 5 aromatic heterocycles. The van der Waals surface area contributed by atoms with Crippen molar-refractivity contribution in [2.45, 2.75) is 38.6 Å². The monoisotopic (exact) mass is 639 g/mol. The maximum atomic E-state index is 14.6. The average molecular weight is 640 g/mol. The Morgan fingerprint density at radius 1 is 1.00 bits per heavy atom. The summed E-state index contributed by atoms with van der Waals surface area (Å²) < 4.78 is 40.1. The molecule has 6 aromatic rings. The smallest absolute Gasteiger partial charge is 0.227 e. The zero-order chi connectivity index (χ0) is 31.8. The summed E-state index contributed by atoms with van der Waals surface area (Å²) >= 11 is 0. The number of amides is 1. The fourth-order valence-electron chi connectivity index (χ4n) is 5.88. The van der Waals surface area contributed by atoms with Gasteiger partial charge in [0.1, 0.15) is 17.0 Å². The van der Waals surface area contributed by atoms with Crippen molar-refractivity contribution in [1.29, 1.82) is 0 Å². The Morgan fingerprint density at radius 3 is 2.65 bits per heavy atom. The van der Waals surface area contributed by atoms with Crippen molar-refractivity contribution < 1.29 is 17.6 Å². The van der Waals surface area contributed by atoms with E-state index in [1.54, 1.807) is 36.9 Å². The molecule has 4 N–H and O–H groups in total. The Kier molecular flexibility index (Phi) is 7.74. The Labute approximate surface area is 263 Å². The van der Waals surface area contributed by atoms with Crippen molar-refractivity contribution in [3.63, 3.8) is 0 Å². The first kappa shape index (κ1) is 29.6. The minimum atomic E-state index is -3.46. The van der Waals surface area contributed by atoms with Crippen LogP contribution in [0.1, 0.15) is 37.7 Å². The summed E-state index contributed by atoms with van der Waals surface area (Å²) in [5.74, 6) is 0.0155. The number of sulfonamides is 1. The van der Waals surface area contributed by atoms with Gasteiger partial charge in [0, 0.05) is 47.7 Å². The highest BCUT2D eigenvalue weighted by Gasteiger charge is 2.22. The van der Waals surface area contributed by atoms with Gasteiger partial charge in [0.05, 0.1) is 34.7 Å². The number of hydrogen-bond donors (Lipinski definition) is 4. The van der Waals surface area contributed by atoms with Crippen molar-refractivity contribution in [2.75, 3.05) is 11.6 Å². The Hall–Kier alpha value is -5.08. The van der Waals surface area contributed by atoms with Crippen molar-refractivity contribution in [3.05, 3.63) is 72.6 Å². The molecule has 7 rings (SSSR count). The number of halogens is 1. The molecule has 1 fully saturated rings. The van der Waals surface area contributed by atoms with E-state index in [1.807, 2.05) is 12.1 Å². The van der Waals surface area contributed by atoms with Crippen LogP contribution in [-0.4, -0.2) is 55.7 Å². The molecule has 0 unspecified atom stereocenters. The number of rotatable bonds is 8. The number of H-pyrrole nitrogens is 2. The second-order valence-electron chi connectivity index (χ2n) is 11.6. The van der Waals surface area contributed by atoms with E-state index in [1.165, 1.54) is 18.6 Å². The third kappa shape index (κ3) is 6.21. The lowest BCUT2D eigenvalue weighted by atomic mass is 9.88. The van der Waals surface area contributed by atoms with Crippen LogP contribution in [0.4, 0.5) is 10.1 Å². The maximum Gasteiger partial charge on any atom is 0.227 e. The van der Waals surface area contributed by atoms with Crippen LogP contribution in [0.25, 0.3) is 56.0 Å². The van der Waals surface area contributed by atoms with Gasteiger partial charge < -0.3 is 10.3 Å². The highest BCUT2D eigenvalue weighted by Crippen LogP contribution is 2.33. The number of nitrogens with one attached hydrogen (secondary N) is 4. The molecule has 0 radical (unpaired) electrons. The summed E-state index contributed by atoms with van der Waals surface area (Å²) in [7, 11) is -3.46. The van der Waals surface area contributed by atoms with Gasteiger partial charge in [-0.05, 0) is 54.8 Å². The molecule has 0 spiro atoms. The fraction of sp³-hybridized carbons (Fsp3) is 0.250. The van der Waals surface area contributed by atoms with Gasteiger partial charge >= 0.3 is 0 Å². The molecule has 0 saturated heterocycles. The zero-order valence-corrected chi connectivity index (χ0v) is 25.7. The number of imidazole rings is 1. The van der Waals surface area contributed by atoms with E-state index >= 15 is 0 Å². The number of pyridine rings is 3. The second-order valence-corrected chi connectivity index (χ2v) is 13.4. The van der Waals surface area contributed by atoms with Gasteiger partial charge in [0.15, 0.2) is 11.5 Å². The SMILES string of the molecule is CS(=O)(=O)NCc1cc(F)cc(-c2nccc3[nH]c(-c4[nH]nc5ncc(-c6cncc(NC(=O)C7CCCCC7)c6)cc45)nc23)c1. The highest BCUT2D eigenvalue weighted by molar-refractivity contribution is 7.88. The molecule has 1 saturated carbocycles. The molecule has 5 heterocycles. The average Bonchev–Trinajstić information content (AvgIpc) is 3.68. The molecule has 234 valence electrons. The summed E-state index contributed by atoms with van der Waals surface area (Å²) in [5, 5.41) is 11.1. The molecule has 1 aromatic carbocycles. The summed E-state index contributed by atoms with van der Waals surface area (Å²) in [4.78, 5) is 34.3. The Morgan fingerprint density at radius 2 is 1.83 bits per heavy atom. The minimum absolute atomic E-state index is 0.0307. The molecule has 14 heteroatoms. The standard InChI is InChI=1S/C32H30FN9O3S/c1-46(44,45)37-14-18-9-20(11-23(33)10-18)27-29-26(7-8-35-27)39-31(40-29)28-25-13-22(16-36-30(25)42-41-28)21-12-24(17-34-15-21)38-32(43)19-5-3-2-4-6-19/h7-13,15-17,19,37H,2-6,14H2,1H3,(H,38,43)(H,39,40)(H,36,41,42). The predicted molar refractivity (Wildman–Crippen MR) is 172 cm³/mol. The van der Waals surface area contributed by atoms with E-state index in [2.05, 4.69) is 40.2 Å². The van der Waals surface area contributed by atoms with E-state index in [0.29, 0.717) is 56.1 Å². The van der Waals surface area contributed by atoms with Gasteiger partial charge in [-0.3, -0.25) is 19.9 Å². The van der Waals surface area contributed by atoms with Gasteiger partial charge in [0.2, 0.25) is 15.9 Å². The largest absolute Gasteiger partial charge is 0.337 e. The van der Waals surface area contributed by atoms with Gasteiger partial charge in [-0.25, -0.2) is 27.5 Å². The maximum absolute atomic E-state index is 14.6. The number of nitrogens with zero attached hydrogens (tertiary/aromatic N) is 5. The first-order valence-corrected chi connectivity index (χ1v) is 16.8. The number of aromatic amines is 2. The molecule has 0 bridgehead atoms. The zero-order valence-electron chi connectivity index (χ0n) is 24.8. The van der Waals surface area contributed by atoms with E-state index in [0.717, 1.165) is 43.1 Å². The van der Waals surface area contributed by atoms with Crippen LogP contribution in [0.3, 0.4) is 0 Å². The van der Waals surface area contributed by atoms with Gasteiger partial charge in [-0.2, -0.15) is 5.10 Å². The van der Waals surface area contributed by atoms with Crippen LogP contribution in [0.2, 0.25) is 0 Å². The van der Waals surface area contributed by atoms with Crippen LogP contribution in [0.15, 0.2) is 61.2 Å². The van der Waals surface area contributed by atoms with Crippen molar-refractivity contribution in [2.24, 2.45) is 5.92 Å². The number of anilines is 1. The van der Waals surface area contributed by atoms with Crippen LogP contribution in [0.5, 0.6) is 0 Å². The van der Waals surface area contributed by atoms with E-state index in [4.69, 9.17) is 4.98 Å². The molecule has 46 heavy (non-hydrogen) atoms. The molecular weight excluding hydrogens is 609 g/mol. The van der Waals surface area contributed by atoms with Crippen LogP contribution in [-0.2, 0) is 21.4 Å². The van der Waals surface area contributed by atoms with E-state index in [9.17, 15) is 17.6 Å². The summed E-state index contributed by atoms with van der Waals surface area (Å²) in [5.41, 5.74) is 5.78. The molecule has 12 nitrogen and oxygen atoms in total. The van der Waals surface area contributed by atoms with E-state index < -0.39 is 15.8 Å². The van der Waals surface area contributed by atoms with Gasteiger partial charge in [0.25, 0.3) is 0 Å². The summed E-state index contributed by atoms with van der Waals surface area (Å²) in [6.07, 6.45) is 12.9. The summed E-state index contributed by atoms with van der Waals surface area (Å²) in [6, 6.07) is 9.87. The van der Waals surface area contributed by atoms with Gasteiger partial charge in [-0.15, -0.1) is 0 Å². The molecule has 0 atom stereocenters. The first-order valence-electron chi connectivity index (χ1n) is 14.9. The first-order chi connectivity index (χ1) is 22.2. The predicted octanol–water partition coefficient (Wildman–Crippen LogP) is 5.33. The van der Waals surface area contributed by atoms with Crippen LogP contribution in [0, 0.1) is 11.7 Å².